The number of hydrogen-bond acceptors (Lipinski definition) is 5. The molecule has 1 aromatic rings. The maximum Gasteiger partial charge on any atom is 0.260 e. The molecule has 2 atom stereocenters. The number of morpholine rings is 1. The molecule has 3 N–H and O–H groups in total. The molecule has 0 aliphatic carbocycles. The molecular weight excluding hydrogens is 244 g/mol. The van der Waals surface area contributed by atoms with Gasteiger partial charge < -0.3 is 10.5 Å². The van der Waals surface area contributed by atoms with Crippen molar-refractivity contribution >= 4 is 10.0 Å². The molecule has 0 spiro atoms. The van der Waals surface area contributed by atoms with E-state index < -0.39 is 10.0 Å². The molecule has 2 unspecified atom stereocenters. The highest BCUT2D eigenvalue weighted by Gasteiger charge is 2.33. The van der Waals surface area contributed by atoms with Gasteiger partial charge in [0.15, 0.2) is 5.03 Å². The van der Waals surface area contributed by atoms with Crippen molar-refractivity contribution in [2.24, 2.45) is 5.73 Å². The van der Waals surface area contributed by atoms with Gasteiger partial charge in [-0.15, -0.1) is 0 Å². The molecule has 17 heavy (non-hydrogen) atoms. The van der Waals surface area contributed by atoms with Crippen LogP contribution in [0.25, 0.3) is 0 Å². The van der Waals surface area contributed by atoms with Gasteiger partial charge in [-0.25, -0.2) is 8.42 Å². The van der Waals surface area contributed by atoms with Gasteiger partial charge in [0, 0.05) is 19.6 Å². The number of aromatic nitrogens is 2. The number of ether oxygens (including phenoxy) is 1. The number of rotatable bonds is 3. The summed E-state index contributed by atoms with van der Waals surface area (Å²) in [5.74, 6) is 0. The topological polar surface area (TPSA) is 101 Å². The van der Waals surface area contributed by atoms with Crippen LogP contribution in [0.1, 0.15) is 6.92 Å². The summed E-state index contributed by atoms with van der Waals surface area (Å²) in [6, 6.07) is 1.44. The van der Waals surface area contributed by atoms with E-state index in [1.54, 1.807) is 0 Å². The zero-order valence-corrected chi connectivity index (χ0v) is 10.4. The highest BCUT2D eigenvalue weighted by Crippen LogP contribution is 2.18. The lowest BCUT2D eigenvalue weighted by atomic mass is 10.2. The molecule has 0 saturated carbocycles. The Hall–Kier alpha value is -0.960. The molecule has 0 amide bonds. The third-order valence-electron chi connectivity index (χ3n) is 2.65. The predicted molar refractivity (Wildman–Crippen MR) is 60.7 cm³/mol. The Morgan fingerprint density at radius 3 is 3.00 bits per heavy atom. The van der Waals surface area contributed by atoms with Crippen LogP contribution >= 0.6 is 0 Å². The Morgan fingerprint density at radius 1 is 1.65 bits per heavy atom. The lowest BCUT2D eigenvalue weighted by molar-refractivity contribution is -0.0486. The Bertz CT molecular complexity index is 459. The molecule has 2 rings (SSSR count). The summed E-state index contributed by atoms with van der Waals surface area (Å²) in [5, 5.41) is 6.22. The summed E-state index contributed by atoms with van der Waals surface area (Å²) >= 11 is 0. The summed E-state index contributed by atoms with van der Waals surface area (Å²) in [7, 11) is -3.51. The van der Waals surface area contributed by atoms with E-state index in [1.807, 2.05) is 6.92 Å². The Kier molecular flexibility index (Phi) is 3.48. The Balaban J connectivity index is 2.22. The Labute approximate surface area is 100.0 Å². The van der Waals surface area contributed by atoms with Crippen molar-refractivity contribution in [2.45, 2.75) is 24.2 Å². The van der Waals surface area contributed by atoms with Gasteiger partial charge >= 0.3 is 0 Å². The minimum Gasteiger partial charge on any atom is -0.371 e. The standard InChI is InChI=1S/C9H16N4O3S/c1-7-5-13(6-8(4-10)16-7)17(14,15)9-2-3-11-12-9/h2-3,7-8H,4-6,10H2,1H3,(H,11,12). The molecule has 2 heterocycles. The second-order valence-corrected chi connectivity index (χ2v) is 5.95. The summed E-state index contributed by atoms with van der Waals surface area (Å²) in [5.41, 5.74) is 5.52. The average molecular weight is 260 g/mol. The average Bonchev–Trinajstić information content (AvgIpc) is 2.82. The SMILES string of the molecule is CC1CN(S(=O)(=O)c2ccn[nH]2)CC(CN)O1. The number of nitrogens with zero attached hydrogens (tertiary/aromatic N) is 2. The number of sulfonamides is 1. The van der Waals surface area contributed by atoms with Crippen LogP contribution in [0, 0.1) is 0 Å². The first-order chi connectivity index (χ1) is 8.04. The van der Waals surface area contributed by atoms with Gasteiger partial charge in [0.2, 0.25) is 0 Å². The first-order valence-electron chi connectivity index (χ1n) is 5.39. The fourth-order valence-corrected chi connectivity index (χ4v) is 3.30. The molecular formula is C9H16N4O3S. The first kappa shape index (κ1) is 12.5. The maximum absolute atomic E-state index is 12.2. The van der Waals surface area contributed by atoms with Crippen molar-refractivity contribution in [3.05, 3.63) is 12.3 Å². The van der Waals surface area contributed by atoms with Gasteiger partial charge in [0.25, 0.3) is 10.0 Å². The van der Waals surface area contributed by atoms with Gasteiger partial charge in [-0.3, -0.25) is 5.10 Å². The monoisotopic (exact) mass is 260 g/mol. The van der Waals surface area contributed by atoms with Crippen LogP contribution in [0.4, 0.5) is 0 Å². The van der Waals surface area contributed by atoms with E-state index in [2.05, 4.69) is 10.2 Å². The largest absolute Gasteiger partial charge is 0.371 e. The van der Waals surface area contributed by atoms with E-state index in [0.717, 1.165) is 0 Å². The molecule has 0 radical (unpaired) electrons. The van der Waals surface area contributed by atoms with E-state index in [4.69, 9.17) is 10.5 Å². The Morgan fingerprint density at radius 2 is 2.41 bits per heavy atom. The van der Waals surface area contributed by atoms with Crippen molar-refractivity contribution in [1.82, 2.24) is 14.5 Å². The van der Waals surface area contributed by atoms with Crippen LogP contribution in [0.15, 0.2) is 17.3 Å². The van der Waals surface area contributed by atoms with E-state index in [-0.39, 0.29) is 23.8 Å². The van der Waals surface area contributed by atoms with Crippen LogP contribution in [-0.2, 0) is 14.8 Å². The summed E-state index contributed by atoms with van der Waals surface area (Å²) in [6.07, 6.45) is 1.00. The number of nitrogens with two attached hydrogens (primary N) is 1. The third-order valence-corrected chi connectivity index (χ3v) is 4.41. The molecule has 96 valence electrons. The van der Waals surface area contributed by atoms with Gasteiger partial charge in [-0.05, 0) is 13.0 Å². The molecule has 1 aliphatic rings. The fraction of sp³-hybridized carbons (Fsp3) is 0.667. The number of hydrogen-bond donors (Lipinski definition) is 2. The zero-order chi connectivity index (χ0) is 12.5. The van der Waals surface area contributed by atoms with E-state index in [9.17, 15) is 8.42 Å². The molecule has 7 nitrogen and oxygen atoms in total. The van der Waals surface area contributed by atoms with Gasteiger partial charge in [-0.1, -0.05) is 0 Å². The van der Waals surface area contributed by atoms with Crippen LogP contribution in [-0.4, -0.2) is 54.8 Å². The normalized spacial score (nSPS) is 27.2. The fourth-order valence-electron chi connectivity index (χ4n) is 1.86. The molecule has 1 aromatic heterocycles. The smallest absolute Gasteiger partial charge is 0.260 e. The van der Waals surface area contributed by atoms with Crippen LogP contribution in [0.2, 0.25) is 0 Å². The number of aromatic amines is 1. The number of H-pyrrole nitrogens is 1. The van der Waals surface area contributed by atoms with Crippen molar-refractivity contribution in [2.75, 3.05) is 19.6 Å². The van der Waals surface area contributed by atoms with E-state index in [0.29, 0.717) is 13.1 Å². The van der Waals surface area contributed by atoms with E-state index >= 15 is 0 Å². The van der Waals surface area contributed by atoms with Gasteiger partial charge in [0.05, 0.1) is 18.4 Å². The first-order valence-corrected chi connectivity index (χ1v) is 6.83. The minimum atomic E-state index is -3.51. The minimum absolute atomic E-state index is 0.0994. The van der Waals surface area contributed by atoms with Crippen molar-refractivity contribution in [3.8, 4) is 0 Å². The lowest BCUT2D eigenvalue weighted by Crippen LogP contribution is -2.51. The van der Waals surface area contributed by atoms with Crippen molar-refractivity contribution < 1.29 is 13.2 Å². The maximum atomic E-state index is 12.2. The highest BCUT2D eigenvalue weighted by molar-refractivity contribution is 7.89. The summed E-state index contributed by atoms with van der Waals surface area (Å²) < 4.78 is 31.3. The molecule has 0 bridgehead atoms. The van der Waals surface area contributed by atoms with Gasteiger partial charge in [-0.2, -0.15) is 9.40 Å². The lowest BCUT2D eigenvalue weighted by Gasteiger charge is -2.35. The zero-order valence-electron chi connectivity index (χ0n) is 9.54. The third kappa shape index (κ3) is 2.49. The van der Waals surface area contributed by atoms with E-state index in [1.165, 1.54) is 16.6 Å². The highest BCUT2D eigenvalue weighted by atomic mass is 32.2. The van der Waals surface area contributed by atoms with Crippen LogP contribution in [0.3, 0.4) is 0 Å². The number of nitrogens with one attached hydrogen (secondary N) is 1. The van der Waals surface area contributed by atoms with Crippen molar-refractivity contribution in [1.29, 1.82) is 0 Å². The second kappa shape index (κ2) is 4.73. The molecule has 0 aromatic carbocycles. The summed E-state index contributed by atoms with van der Waals surface area (Å²) in [4.78, 5) is 0. The molecule has 1 aliphatic heterocycles. The predicted octanol–water partition coefficient (Wildman–Crippen LogP) is -0.854. The van der Waals surface area contributed by atoms with Gasteiger partial charge in [0.1, 0.15) is 0 Å². The van der Waals surface area contributed by atoms with Crippen LogP contribution in [0.5, 0.6) is 0 Å². The quantitative estimate of drug-likeness (QED) is 0.737. The van der Waals surface area contributed by atoms with Crippen molar-refractivity contribution in [3.63, 3.8) is 0 Å². The molecule has 1 fully saturated rings. The van der Waals surface area contributed by atoms with Crippen LogP contribution < -0.4 is 5.73 Å². The summed E-state index contributed by atoms with van der Waals surface area (Å²) in [6.45, 7) is 2.75. The second-order valence-electron chi connectivity index (χ2n) is 4.05. The molecule has 8 heteroatoms. The molecule has 1 saturated heterocycles.